The number of hydrogen-bond donors (Lipinski definition) is 0. The Morgan fingerprint density at radius 3 is 2.92 bits per heavy atom. The van der Waals surface area contributed by atoms with Crippen molar-refractivity contribution in [2.24, 2.45) is 0 Å². The number of hydrogen-bond acceptors (Lipinski definition) is 3. The summed E-state index contributed by atoms with van der Waals surface area (Å²) in [5.74, 6) is 0.264. The normalized spacial score (nSPS) is 17.8. The van der Waals surface area contributed by atoms with E-state index in [0.717, 1.165) is 31.7 Å². The highest BCUT2D eigenvalue weighted by atomic mass is 35.5. The van der Waals surface area contributed by atoms with E-state index in [1.54, 1.807) is 4.88 Å². The molecule has 3 nitrogen and oxygen atoms in total. The largest absolute Gasteiger partial charge is 0.339 e. The number of nitrogens with zero attached hydrogens (tertiary/aromatic N) is 2. The molecule has 5 heteroatoms. The van der Waals surface area contributed by atoms with E-state index in [1.165, 1.54) is 17.5 Å². The number of rotatable bonds is 3. The molecule has 0 bridgehead atoms. The maximum absolute atomic E-state index is 12.4. The average molecular weight is 363 g/mol. The van der Waals surface area contributed by atoms with Crippen LogP contribution in [0, 0.1) is 6.92 Å². The molecular formula is C19H23ClN2OS. The number of carbonyl (C=O) groups excluding carboxylic acids is 1. The third-order valence-electron chi connectivity index (χ3n) is 5.01. The monoisotopic (exact) mass is 362 g/mol. The molecule has 0 aliphatic carbocycles. The van der Waals surface area contributed by atoms with Crippen LogP contribution in [0.1, 0.15) is 21.6 Å². The van der Waals surface area contributed by atoms with Crippen molar-refractivity contribution >= 4 is 29.7 Å². The summed E-state index contributed by atoms with van der Waals surface area (Å²) in [6.45, 7) is 6.05. The van der Waals surface area contributed by atoms with Gasteiger partial charge in [-0.05, 0) is 35.9 Å². The molecule has 4 rings (SSSR count). The molecule has 2 aromatic rings. The number of amides is 1. The minimum Gasteiger partial charge on any atom is -0.339 e. The number of halogens is 1. The molecule has 0 saturated carbocycles. The first-order valence-electron chi connectivity index (χ1n) is 8.31. The Kier molecular flexibility index (Phi) is 5.28. The Balaban J connectivity index is 0.00000169. The predicted molar refractivity (Wildman–Crippen MR) is 101 cm³/mol. The second kappa shape index (κ2) is 7.26. The molecule has 1 aromatic carbocycles. The molecule has 1 fully saturated rings. The van der Waals surface area contributed by atoms with E-state index in [9.17, 15) is 4.79 Å². The fraction of sp³-hybridized carbons (Fsp3) is 0.421. The lowest BCUT2D eigenvalue weighted by molar-refractivity contribution is -0.138. The van der Waals surface area contributed by atoms with Gasteiger partial charge in [-0.25, -0.2) is 0 Å². The predicted octanol–water partition coefficient (Wildman–Crippen LogP) is 3.29. The summed E-state index contributed by atoms with van der Waals surface area (Å²) >= 11 is 1.88. The first kappa shape index (κ1) is 17.5. The van der Waals surface area contributed by atoms with Crippen LogP contribution >= 0.6 is 23.7 Å². The summed E-state index contributed by atoms with van der Waals surface area (Å²) in [4.78, 5) is 18.5. The van der Waals surface area contributed by atoms with Crippen LogP contribution in [0.3, 0.4) is 0 Å². The van der Waals surface area contributed by atoms with Gasteiger partial charge in [-0.1, -0.05) is 29.8 Å². The fourth-order valence-electron chi connectivity index (χ4n) is 3.58. The highest BCUT2D eigenvalue weighted by Crippen LogP contribution is 2.27. The van der Waals surface area contributed by atoms with Crippen molar-refractivity contribution in [3.63, 3.8) is 0 Å². The number of fused-ring (bicyclic) bond motifs is 1. The van der Waals surface area contributed by atoms with Crippen LogP contribution in [0.15, 0.2) is 35.7 Å². The van der Waals surface area contributed by atoms with Crippen LogP contribution in [-0.4, -0.2) is 41.4 Å². The molecule has 2 aliphatic rings. The number of aryl methyl sites for hydroxylation is 1. The van der Waals surface area contributed by atoms with E-state index < -0.39 is 0 Å². The van der Waals surface area contributed by atoms with Crippen molar-refractivity contribution in [1.82, 2.24) is 9.80 Å². The Bertz CT molecular complexity index is 724. The minimum atomic E-state index is 0. The second-order valence-corrected chi connectivity index (χ2v) is 7.71. The first-order chi connectivity index (χ1) is 11.2. The molecule has 0 radical (unpaired) electrons. The summed E-state index contributed by atoms with van der Waals surface area (Å²) < 4.78 is 0. The van der Waals surface area contributed by atoms with Crippen LogP contribution in [0.25, 0.3) is 0 Å². The van der Waals surface area contributed by atoms with Crippen LogP contribution in [-0.2, 0) is 24.2 Å². The lowest BCUT2D eigenvalue weighted by Crippen LogP contribution is -2.61. The van der Waals surface area contributed by atoms with Crippen LogP contribution < -0.4 is 0 Å². The van der Waals surface area contributed by atoms with E-state index >= 15 is 0 Å². The quantitative estimate of drug-likeness (QED) is 0.836. The third kappa shape index (κ3) is 3.51. The molecule has 2 aliphatic heterocycles. The fourth-order valence-corrected chi connectivity index (χ4v) is 4.47. The SMILES string of the molecule is Cc1cccc(CC(=O)N2CC(N3CCc4sccc4C3)C2)c1.Cl. The number of likely N-dealkylation sites (tertiary alicyclic amines) is 1. The van der Waals surface area contributed by atoms with E-state index in [0.29, 0.717) is 12.5 Å². The Labute approximate surface area is 153 Å². The highest BCUT2D eigenvalue weighted by molar-refractivity contribution is 7.10. The zero-order chi connectivity index (χ0) is 15.8. The van der Waals surface area contributed by atoms with Crippen LogP contribution in [0.4, 0.5) is 0 Å². The van der Waals surface area contributed by atoms with Gasteiger partial charge in [0.15, 0.2) is 0 Å². The van der Waals surface area contributed by atoms with Crippen molar-refractivity contribution in [3.8, 4) is 0 Å². The van der Waals surface area contributed by atoms with E-state index in [-0.39, 0.29) is 18.3 Å². The molecule has 0 N–H and O–H groups in total. The van der Waals surface area contributed by atoms with Gasteiger partial charge >= 0.3 is 0 Å². The average Bonchev–Trinajstić information content (AvgIpc) is 2.93. The van der Waals surface area contributed by atoms with Gasteiger partial charge in [0, 0.05) is 37.1 Å². The van der Waals surface area contributed by atoms with Crippen molar-refractivity contribution in [2.45, 2.75) is 32.4 Å². The lowest BCUT2D eigenvalue weighted by Gasteiger charge is -2.46. The number of thiophene rings is 1. The summed E-state index contributed by atoms with van der Waals surface area (Å²) in [7, 11) is 0. The molecule has 3 heterocycles. The Hall–Kier alpha value is -1.36. The molecule has 0 unspecified atom stereocenters. The van der Waals surface area contributed by atoms with Gasteiger partial charge in [-0.2, -0.15) is 0 Å². The smallest absolute Gasteiger partial charge is 0.227 e. The van der Waals surface area contributed by atoms with Crippen molar-refractivity contribution in [3.05, 3.63) is 57.3 Å². The molecule has 1 saturated heterocycles. The summed E-state index contributed by atoms with van der Waals surface area (Å²) in [5.41, 5.74) is 3.83. The number of benzene rings is 1. The summed E-state index contributed by atoms with van der Waals surface area (Å²) in [6.07, 6.45) is 1.70. The lowest BCUT2D eigenvalue weighted by atomic mass is 10.0. The molecule has 128 valence electrons. The Morgan fingerprint density at radius 2 is 2.12 bits per heavy atom. The van der Waals surface area contributed by atoms with Gasteiger partial charge in [0.05, 0.1) is 6.42 Å². The van der Waals surface area contributed by atoms with Gasteiger partial charge in [-0.15, -0.1) is 23.7 Å². The van der Waals surface area contributed by atoms with Gasteiger partial charge in [-0.3, -0.25) is 9.69 Å². The van der Waals surface area contributed by atoms with Gasteiger partial charge in [0.25, 0.3) is 0 Å². The van der Waals surface area contributed by atoms with Gasteiger partial charge < -0.3 is 4.90 Å². The maximum atomic E-state index is 12.4. The van der Waals surface area contributed by atoms with Crippen molar-refractivity contribution < 1.29 is 4.79 Å². The van der Waals surface area contributed by atoms with E-state index in [1.807, 2.05) is 28.4 Å². The molecular weight excluding hydrogens is 340 g/mol. The first-order valence-corrected chi connectivity index (χ1v) is 9.19. The minimum absolute atomic E-state index is 0. The molecule has 1 amide bonds. The summed E-state index contributed by atoms with van der Waals surface area (Å²) in [5, 5.41) is 2.20. The summed E-state index contributed by atoms with van der Waals surface area (Å²) in [6, 6.07) is 11.1. The Morgan fingerprint density at radius 1 is 1.29 bits per heavy atom. The highest BCUT2D eigenvalue weighted by Gasteiger charge is 2.35. The molecule has 0 spiro atoms. The number of carbonyl (C=O) groups is 1. The van der Waals surface area contributed by atoms with E-state index in [2.05, 4.69) is 35.4 Å². The molecule has 0 atom stereocenters. The molecule has 1 aromatic heterocycles. The standard InChI is InChI=1S/C19H22N2OS.ClH/c1-14-3-2-4-15(9-14)10-19(22)21-12-17(13-21)20-7-5-18-16(11-20)6-8-23-18;/h2-4,6,8-9,17H,5,7,10-13H2,1H3;1H. The van der Waals surface area contributed by atoms with Crippen LogP contribution in [0.2, 0.25) is 0 Å². The zero-order valence-electron chi connectivity index (χ0n) is 13.9. The van der Waals surface area contributed by atoms with Crippen molar-refractivity contribution in [1.29, 1.82) is 0 Å². The van der Waals surface area contributed by atoms with Crippen LogP contribution in [0.5, 0.6) is 0 Å². The second-order valence-electron chi connectivity index (χ2n) is 6.71. The zero-order valence-corrected chi connectivity index (χ0v) is 15.5. The molecule has 24 heavy (non-hydrogen) atoms. The van der Waals surface area contributed by atoms with Gasteiger partial charge in [0.2, 0.25) is 5.91 Å². The van der Waals surface area contributed by atoms with Crippen molar-refractivity contribution in [2.75, 3.05) is 19.6 Å². The van der Waals surface area contributed by atoms with E-state index in [4.69, 9.17) is 0 Å². The maximum Gasteiger partial charge on any atom is 0.227 e. The third-order valence-corrected chi connectivity index (χ3v) is 6.03. The topological polar surface area (TPSA) is 23.6 Å². The van der Waals surface area contributed by atoms with Gasteiger partial charge in [0.1, 0.15) is 0 Å².